The molecule has 4 atom stereocenters. The molecule has 9 heteroatoms. The van der Waals surface area contributed by atoms with Crippen molar-refractivity contribution in [1.29, 1.82) is 0 Å². The van der Waals surface area contributed by atoms with Gasteiger partial charge in [-0.1, -0.05) is 13.0 Å². The zero-order chi connectivity index (χ0) is 25.4. The molecule has 9 nitrogen and oxygen atoms in total. The van der Waals surface area contributed by atoms with E-state index in [1.54, 1.807) is 13.3 Å². The predicted octanol–water partition coefficient (Wildman–Crippen LogP) is 3.78. The highest BCUT2D eigenvalue weighted by Crippen LogP contribution is 2.37. The highest BCUT2D eigenvalue weighted by molar-refractivity contribution is 5.97. The quantitative estimate of drug-likeness (QED) is 0.472. The number of aliphatic hydroxyl groups excluding tert-OH is 1. The van der Waals surface area contributed by atoms with E-state index in [4.69, 9.17) is 25.2 Å². The molecule has 2 aliphatic rings. The van der Waals surface area contributed by atoms with Crippen LogP contribution in [0.5, 0.6) is 5.75 Å². The van der Waals surface area contributed by atoms with Crippen molar-refractivity contribution in [1.82, 2.24) is 15.0 Å². The lowest BCUT2D eigenvalue weighted by Crippen LogP contribution is -2.45. The Morgan fingerprint density at radius 2 is 1.94 bits per heavy atom. The third-order valence-corrected chi connectivity index (χ3v) is 7.13. The number of nitrogen functional groups attached to an aromatic ring is 1. The summed E-state index contributed by atoms with van der Waals surface area (Å²) >= 11 is 0. The first kappa shape index (κ1) is 24.5. The van der Waals surface area contributed by atoms with Crippen LogP contribution >= 0.6 is 0 Å². The van der Waals surface area contributed by atoms with Crippen molar-refractivity contribution in [3.8, 4) is 16.9 Å². The maximum atomic E-state index is 9.98. The van der Waals surface area contributed by atoms with Crippen LogP contribution in [0, 0.1) is 0 Å². The number of nitrogens with zero attached hydrogens (tertiary/aromatic N) is 4. The fourth-order valence-corrected chi connectivity index (χ4v) is 5.43. The van der Waals surface area contributed by atoms with Crippen LogP contribution in [0.4, 0.5) is 17.3 Å². The van der Waals surface area contributed by atoms with Crippen LogP contribution < -0.4 is 20.7 Å². The largest absolute Gasteiger partial charge is 0.495 e. The number of aromatic nitrogens is 3. The highest BCUT2D eigenvalue weighted by atomic mass is 16.5. The molecule has 1 aliphatic carbocycles. The first-order valence-electron chi connectivity index (χ1n) is 12.8. The molecule has 3 aromatic rings. The van der Waals surface area contributed by atoms with Crippen LogP contribution in [-0.4, -0.2) is 64.6 Å². The van der Waals surface area contributed by atoms with E-state index in [0.29, 0.717) is 29.7 Å². The Labute approximate surface area is 212 Å². The van der Waals surface area contributed by atoms with Crippen LogP contribution in [0.15, 0.2) is 24.4 Å². The van der Waals surface area contributed by atoms with Crippen molar-refractivity contribution in [2.24, 2.45) is 0 Å². The molecule has 1 saturated heterocycles. The van der Waals surface area contributed by atoms with Gasteiger partial charge in [-0.15, -0.1) is 0 Å². The molecule has 3 heterocycles. The number of aryl methyl sites for hydroxylation is 1. The van der Waals surface area contributed by atoms with E-state index in [1.807, 2.05) is 6.07 Å². The second-order valence-electron chi connectivity index (χ2n) is 9.98. The first-order chi connectivity index (χ1) is 17.4. The minimum atomic E-state index is -0.264. The monoisotopic (exact) mass is 492 g/mol. The van der Waals surface area contributed by atoms with Gasteiger partial charge < -0.3 is 30.5 Å². The Hall–Kier alpha value is -3.17. The molecule has 1 saturated carbocycles. The van der Waals surface area contributed by atoms with E-state index in [9.17, 15) is 5.11 Å². The van der Waals surface area contributed by atoms with Gasteiger partial charge in [0.1, 0.15) is 22.6 Å². The van der Waals surface area contributed by atoms with Gasteiger partial charge in [0.25, 0.3) is 0 Å². The van der Waals surface area contributed by atoms with E-state index in [1.165, 1.54) is 0 Å². The van der Waals surface area contributed by atoms with E-state index in [2.05, 4.69) is 48.1 Å². The fraction of sp³-hybridized carbons (Fsp3) is 0.519. The number of hydrogen-bond donors (Lipinski definition) is 3. The Kier molecular flexibility index (Phi) is 6.85. The molecule has 192 valence electrons. The fourth-order valence-electron chi connectivity index (χ4n) is 5.43. The lowest BCUT2D eigenvalue weighted by molar-refractivity contribution is -0.00532. The third kappa shape index (κ3) is 4.77. The predicted molar refractivity (Wildman–Crippen MR) is 143 cm³/mol. The molecule has 2 aromatic heterocycles. The number of methoxy groups -OCH3 is 1. The summed E-state index contributed by atoms with van der Waals surface area (Å²) in [5.41, 5.74) is 11.2. The Balaban J connectivity index is 1.56. The molecule has 0 spiro atoms. The number of nitrogens with one attached hydrogen (secondary N) is 1. The van der Waals surface area contributed by atoms with Crippen LogP contribution in [0.2, 0.25) is 0 Å². The average molecular weight is 493 g/mol. The second-order valence-corrected chi connectivity index (χ2v) is 9.98. The maximum absolute atomic E-state index is 9.98. The van der Waals surface area contributed by atoms with Crippen LogP contribution in [0.3, 0.4) is 0 Å². The number of morpholine rings is 1. The topological polar surface area (TPSA) is 119 Å². The number of nitrogens with two attached hydrogens (primary N) is 1. The Morgan fingerprint density at radius 1 is 1.17 bits per heavy atom. The van der Waals surface area contributed by atoms with Crippen molar-refractivity contribution in [3.63, 3.8) is 0 Å². The molecule has 0 unspecified atom stereocenters. The van der Waals surface area contributed by atoms with Gasteiger partial charge in [0.05, 0.1) is 36.8 Å². The van der Waals surface area contributed by atoms with Gasteiger partial charge in [-0.25, -0.2) is 15.0 Å². The van der Waals surface area contributed by atoms with Crippen LogP contribution in [0.1, 0.15) is 45.7 Å². The molecule has 36 heavy (non-hydrogen) atoms. The first-order valence-corrected chi connectivity index (χ1v) is 12.8. The zero-order valence-electron chi connectivity index (χ0n) is 21.5. The normalized spacial score (nSPS) is 24.3. The smallest absolute Gasteiger partial charge is 0.151 e. The van der Waals surface area contributed by atoms with Gasteiger partial charge in [0, 0.05) is 30.9 Å². The Morgan fingerprint density at radius 3 is 2.61 bits per heavy atom. The van der Waals surface area contributed by atoms with E-state index in [-0.39, 0.29) is 24.4 Å². The molecular weight excluding hydrogens is 456 g/mol. The number of rotatable bonds is 6. The number of ether oxygens (including phenoxy) is 2. The molecule has 1 aromatic carbocycles. The summed E-state index contributed by atoms with van der Waals surface area (Å²) in [7, 11) is 1.70. The van der Waals surface area contributed by atoms with Gasteiger partial charge >= 0.3 is 0 Å². The summed E-state index contributed by atoms with van der Waals surface area (Å²) in [6.07, 6.45) is 4.93. The zero-order valence-corrected chi connectivity index (χ0v) is 21.5. The van der Waals surface area contributed by atoms with Crippen molar-refractivity contribution in [3.05, 3.63) is 30.1 Å². The van der Waals surface area contributed by atoms with Crippen molar-refractivity contribution in [2.75, 3.05) is 36.1 Å². The van der Waals surface area contributed by atoms with E-state index < -0.39 is 0 Å². The van der Waals surface area contributed by atoms with Crippen LogP contribution in [0.25, 0.3) is 22.2 Å². The van der Waals surface area contributed by atoms with Gasteiger partial charge in [-0.05, 0) is 57.2 Å². The van der Waals surface area contributed by atoms with Gasteiger partial charge in [-0.2, -0.15) is 0 Å². The molecule has 1 aliphatic heterocycles. The van der Waals surface area contributed by atoms with Gasteiger partial charge in [-0.3, -0.25) is 0 Å². The average Bonchev–Trinajstić information content (AvgIpc) is 3.27. The molecule has 0 radical (unpaired) electrons. The maximum Gasteiger partial charge on any atom is 0.151 e. The molecule has 2 fully saturated rings. The van der Waals surface area contributed by atoms with Crippen molar-refractivity contribution in [2.45, 2.75) is 70.8 Å². The summed E-state index contributed by atoms with van der Waals surface area (Å²) in [6.45, 7) is 7.85. The molecular formula is C27H36N6O3. The van der Waals surface area contributed by atoms with Gasteiger partial charge in [0.15, 0.2) is 5.82 Å². The Bertz CT molecular complexity index is 1240. The SMILES string of the molecule is CCc1nc2c(N)ncc(-c3ccc(N4C[C@@H](C)O[C@@H](C)C4)c(OC)c3)c2nc1N[C@@H]1CC[C@H](O)C1. The molecule has 4 N–H and O–H groups in total. The second kappa shape index (κ2) is 10.1. The van der Waals surface area contributed by atoms with Crippen molar-refractivity contribution < 1.29 is 14.6 Å². The lowest BCUT2D eigenvalue weighted by atomic mass is 10.0. The standard InChI is InChI=1S/C27H36N6O3/c1-5-21-27(30-18-7-8-19(34)11-18)32-24-20(12-29-26(28)25(24)31-21)17-6-9-22(23(10-17)35-4)33-13-15(2)36-16(3)14-33/h6,9-10,12,15-16,18-19,34H,5,7-8,11,13-14H2,1-4H3,(H2,28,29)(H,30,32)/t15-,16+,18-,19+/m1/s1. The lowest BCUT2D eigenvalue weighted by Gasteiger charge is -2.37. The summed E-state index contributed by atoms with van der Waals surface area (Å²) in [4.78, 5) is 16.6. The summed E-state index contributed by atoms with van der Waals surface area (Å²) < 4.78 is 11.7. The minimum Gasteiger partial charge on any atom is -0.495 e. The summed E-state index contributed by atoms with van der Waals surface area (Å²) in [5, 5.41) is 13.5. The summed E-state index contributed by atoms with van der Waals surface area (Å²) in [5.74, 6) is 1.89. The molecule has 0 amide bonds. The number of aliphatic hydroxyl groups is 1. The number of hydrogen-bond acceptors (Lipinski definition) is 9. The van der Waals surface area contributed by atoms with E-state index in [0.717, 1.165) is 60.0 Å². The molecule has 5 rings (SSSR count). The van der Waals surface area contributed by atoms with Crippen molar-refractivity contribution >= 4 is 28.4 Å². The summed E-state index contributed by atoms with van der Waals surface area (Å²) in [6, 6.07) is 6.37. The minimum absolute atomic E-state index is 0.151. The number of benzene rings is 1. The third-order valence-electron chi connectivity index (χ3n) is 7.13. The van der Waals surface area contributed by atoms with Gasteiger partial charge in [0.2, 0.25) is 0 Å². The number of fused-ring (bicyclic) bond motifs is 1. The number of anilines is 3. The highest BCUT2D eigenvalue weighted by Gasteiger charge is 2.26. The molecule has 0 bridgehead atoms. The van der Waals surface area contributed by atoms with E-state index >= 15 is 0 Å². The van der Waals surface area contributed by atoms with Crippen LogP contribution in [-0.2, 0) is 11.2 Å². The number of pyridine rings is 1.